The van der Waals surface area contributed by atoms with Gasteiger partial charge in [0.2, 0.25) is 11.8 Å². The van der Waals surface area contributed by atoms with E-state index in [0.29, 0.717) is 48.4 Å². The first-order valence-corrected chi connectivity index (χ1v) is 20.7. The van der Waals surface area contributed by atoms with E-state index in [1.54, 1.807) is 6.26 Å². The monoisotopic (exact) mass is 780 g/mol. The van der Waals surface area contributed by atoms with Crippen LogP contribution in [0.5, 0.6) is 0 Å². The molecule has 5 amide bonds. The molecule has 15 nitrogen and oxygen atoms in total. The molecule has 16 heteroatoms. The van der Waals surface area contributed by atoms with Crippen molar-refractivity contribution < 1.29 is 43.7 Å². The first kappa shape index (κ1) is 45.4. The van der Waals surface area contributed by atoms with E-state index in [1.807, 2.05) is 52.0 Å². The lowest BCUT2D eigenvalue weighted by Gasteiger charge is -2.43. The van der Waals surface area contributed by atoms with Crippen molar-refractivity contribution in [2.24, 2.45) is 17.6 Å². The lowest BCUT2D eigenvalue weighted by atomic mass is 9.93. The number of nitrogens with zero attached hydrogens (tertiary/aromatic N) is 1. The van der Waals surface area contributed by atoms with E-state index < -0.39 is 54.0 Å². The third-order valence-electron chi connectivity index (χ3n) is 10.7. The summed E-state index contributed by atoms with van der Waals surface area (Å²) in [6, 6.07) is 4.58. The Hall–Kier alpha value is -2.99. The molecule has 0 spiro atoms. The fraction of sp³-hybridized carbons (Fsp3) is 0.737. The molecule has 1 aromatic rings. The number of nitrogens with one attached hydrogen (secondary N) is 5. The van der Waals surface area contributed by atoms with Gasteiger partial charge in [0.1, 0.15) is 42.4 Å². The molecule has 0 aromatic heterocycles. The predicted octanol–water partition coefficient (Wildman–Crippen LogP) is 1.39. The van der Waals surface area contributed by atoms with E-state index in [0.717, 1.165) is 24.9 Å². The van der Waals surface area contributed by atoms with Crippen LogP contribution in [0.15, 0.2) is 24.3 Å². The SMILES string of the molecule is CCC[C@@H]1C[C@@H](C(=O)N[C@H](CC)C2O[C@H](SC)[C@H](O)[C@@H](O)[C@H]2O)[N+](C)(Cc2ccc(NC(=O)[C@H](CCCNC(N)=O)NC(=O)[C@@H](NCC)C(C)C)cc2)C1. The van der Waals surface area contributed by atoms with E-state index in [-0.39, 0.29) is 42.6 Å². The van der Waals surface area contributed by atoms with Gasteiger partial charge in [-0.15, -0.1) is 11.8 Å². The van der Waals surface area contributed by atoms with Gasteiger partial charge in [0.05, 0.1) is 25.7 Å². The highest BCUT2D eigenvalue weighted by molar-refractivity contribution is 7.99. The number of likely N-dealkylation sites (N-methyl/N-ethyl adjacent to an activating group) is 2. The summed E-state index contributed by atoms with van der Waals surface area (Å²) in [6.45, 7) is 12.0. The highest BCUT2D eigenvalue weighted by Gasteiger charge is 2.50. The number of likely N-dealkylation sites (tertiary alicyclic amines) is 1. The molecule has 2 saturated heterocycles. The number of nitrogens with two attached hydrogens (primary N) is 1. The number of carbonyl (C=O) groups is 4. The standard InChI is InChI=1S/C38H65N7O8S/c1-8-12-24-19-28(35(50)43-26(9-2)33-31(47)30(46)32(48)37(53-33)54-7)45(6,21-24)20-23-14-16-25(17-15-23)42-34(49)27(13-11-18-41-38(39)52)44-36(51)29(22(4)5)40-10-3/h14-17,22,24,26-33,37,40,46-48H,8-13,18-21H2,1-7H3,(H5-,39,41,42,43,44,49,50,51,52)/p+1/t24-,26-,27+,28+,29+,30+,31-,32-,33?,37-,45?/m1/s1. The second-order valence-electron chi connectivity index (χ2n) is 15.4. The summed E-state index contributed by atoms with van der Waals surface area (Å²) >= 11 is 1.24. The zero-order chi connectivity index (χ0) is 40.2. The van der Waals surface area contributed by atoms with Crippen molar-refractivity contribution in [3.8, 4) is 0 Å². The molecule has 3 rings (SSSR count). The van der Waals surface area contributed by atoms with E-state index in [1.165, 1.54) is 11.8 Å². The number of amides is 5. The summed E-state index contributed by atoms with van der Waals surface area (Å²) in [5.74, 6) is -0.450. The maximum atomic E-state index is 14.1. The van der Waals surface area contributed by atoms with E-state index in [9.17, 15) is 34.5 Å². The average molecular weight is 781 g/mol. The molecule has 54 heavy (non-hydrogen) atoms. The molecular formula is C38H66N7O8S+. The minimum atomic E-state index is -1.39. The number of aliphatic hydroxyl groups excluding tert-OH is 3. The molecule has 0 radical (unpaired) electrons. The fourth-order valence-electron chi connectivity index (χ4n) is 7.88. The number of thioether (sulfide) groups is 1. The lowest BCUT2D eigenvalue weighted by molar-refractivity contribution is -0.926. The van der Waals surface area contributed by atoms with Crippen molar-refractivity contribution in [1.82, 2.24) is 21.3 Å². The Morgan fingerprint density at radius 3 is 2.26 bits per heavy atom. The van der Waals surface area contributed by atoms with E-state index in [2.05, 4.69) is 40.6 Å². The zero-order valence-electron chi connectivity index (χ0n) is 33.0. The van der Waals surface area contributed by atoms with Gasteiger partial charge in [-0.3, -0.25) is 14.4 Å². The molecule has 0 aliphatic carbocycles. The van der Waals surface area contributed by atoms with Crippen molar-refractivity contribution in [2.75, 3.05) is 38.3 Å². The number of hydrogen-bond donors (Lipinski definition) is 9. The second-order valence-corrected chi connectivity index (χ2v) is 16.3. The van der Waals surface area contributed by atoms with Crippen LogP contribution < -0.4 is 32.3 Å². The third kappa shape index (κ3) is 12.3. The maximum absolute atomic E-state index is 14.1. The van der Waals surface area contributed by atoms with Gasteiger partial charge < -0.3 is 56.9 Å². The van der Waals surface area contributed by atoms with Crippen molar-refractivity contribution >= 4 is 41.2 Å². The Balaban J connectivity index is 1.74. The van der Waals surface area contributed by atoms with Crippen LogP contribution >= 0.6 is 11.8 Å². The molecule has 2 heterocycles. The number of aliphatic hydroxyl groups is 3. The van der Waals surface area contributed by atoms with E-state index in [4.69, 9.17) is 10.5 Å². The number of benzene rings is 1. The summed E-state index contributed by atoms with van der Waals surface area (Å²) in [4.78, 5) is 51.9. The van der Waals surface area contributed by atoms with Crippen LogP contribution in [-0.4, -0.2) is 131 Å². The molecule has 10 N–H and O–H groups in total. The van der Waals surface area contributed by atoms with Crippen LogP contribution in [0.25, 0.3) is 0 Å². The number of rotatable bonds is 20. The first-order chi connectivity index (χ1) is 25.6. The van der Waals surface area contributed by atoms with Crippen molar-refractivity contribution in [2.45, 2.75) is 134 Å². The molecule has 2 fully saturated rings. The molecule has 2 unspecified atom stereocenters. The van der Waals surface area contributed by atoms with Crippen LogP contribution in [-0.2, 0) is 25.7 Å². The third-order valence-corrected chi connectivity index (χ3v) is 11.6. The molecule has 0 saturated carbocycles. The van der Waals surface area contributed by atoms with Gasteiger partial charge in [-0.2, -0.15) is 0 Å². The number of carbonyl (C=O) groups excluding carboxylic acids is 4. The zero-order valence-corrected chi connectivity index (χ0v) is 33.9. The maximum Gasteiger partial charge on any atom is 0.312 e. The summed E-state index contributed by atoms with van der Waals surface area (Å²) < 4.78 is 6.47. The van der Waals surface area contributed by atoms with Crippen LogP contribution in [0, 0.1) is 11.8 Å². The van der Waals surface area contributed by atoms with E-state index >= 15 is 0 Å². The Bertz CT molecular complexity index is 1370. The summed E-state index contributed by atoms with van der Waals surface area (Å²) in [7, 11) is 2.09. The molecule has 2 aliphatic heterocycles. The summed E-state index contributed by atoms with van der Waals surface area (Å²) in [5.41, 5.74) is 6.00. The van der Waals surface area contributed by atoms with Crippen LogP contribution in [0.3, 0.4) is 0 Å². The van der Waals surface area contributed by atoms with Crippen LogP contribution in [0.1, 0.15) is 78.7 Å². The summed E-state index contributed by atoms with van der Waals surface area (Å²) in [5, 5.41) is 46.4. The topological polar surface area (TPSA) is 224 Å². The predicted molar refractivity (Wildman–Crippen MR) is 210 cm³/mol. The highest BCUT2D eigenvalue weighted by atomic mass is 32.2. The first-order valence-electron chi connectivity index (χ1n) is 19.4. The quantitative estimate of drug-likeness (QED) is 0.0683. The van der Waals surface area contributed by atoms with Gasteiger partial charge in [0.15, 0.2) is 6.04 Å². The van der Waals surface area contributed by atoms with Gasteiger partial charge >= 0.3 is 6.03 Å². The number of ether oxygens (including phenoxy) is 1. The Morgan fingerprint density at radius 2 is 1.69 bits per heavy atom. The van der Waals surface area contributed by atoms with Crippen LogP contribution in [0.4, 0.5) is 10.5 Å². The smallest absolute Gasteiger partial charge is 0.312 e. The van der Waals surface area contributed by atoms with Crippen LogP contribution in [0.2, 0.25) is 0 Å². The highest BCUT2D eigenvalue weighted by Crippen LogP contribution is 2.35. The Labute approximate surface area is 324 Å². The second kappa shape index (κ2) is 21.3. The minimum Gasteiger partial charge on any atom is -0.388 e. The molecule has 306 valence electrons. The van der Waals surface area contributed by atoms with Gasteiger partial charge in [0.25, 0.3) is 5.91 Å². The number of primary amides is 1. The van der Waals surface area contributed by atoms with Gasteiger partial charge in [-0.1, -0.05) is 53.2 Å². The Kier molecular flexibility index (Phi) is 17.9. The summed E-state index contributed by atoms with van der Waals surface area (Å²) in [6.07, 6.45) is 0.756. The van der Waals surface area contributed by atoms with Crippen molar-refractivity contribution in [3.63, 3.8) is 0 Å². The number of anilines is 1. The van der Waals surface area contributed by atoms with Crippen molar-refractivity contribution in [3.05, 3.63) is 29.8 Å². The molecular weight excluding hydrogens is 715 g/mol. The largest absolute Gasteiger partial charge is 0.388 e. The van der Waals surface area contributed by atoms with Gasteiger partial charge in [-0.05, 0) is 56.5 Å². The van der Waals surface area contributed by atoms with Gasteiger partial charge in [-0.25, -0.2) is 4.79 Å². The average Bonchev–Trinajstić information content (AvgIpc) is 3.45. The lowest BCUT2D eigenvalue weighted by Crippen LogP contribution is -2.64. The molecule has 0 bridgehead atoms. The molecule has 1 aromatic carbocycles. The number of quaternary nitrogens is 1. The number of urea groups is 1. The molecule has 11 atom stereocenters. The van der Waals surface area contributed by atoms with Crippen molar-refractivity contribution in [1.29, 1.82) is 0 Å². The Morgan fingerprint density at radius 1 is 1.00 bits per heavy atom. The van der Waals surface area contributed by atoms with Gasteiger partial charge in [0, 0.05) is 30.1 Å². The molecule has 2 aliphatic rings. The fourth-order valence-corrected chi connectivity index (χ4v) is 8.56. The normalized spacial score (nSPS) is 28.5. The number of hydrogen-bond acceptors (Lipinski definition) is 10. The minimum absolute atomic E-state index is 0.00409.